The molecule has 4 aromatic rings. The Hall–Kier alpha value is -1.96. The molecule has 0 unspecified atom stereocenters. The van der Waals surface area contributed by atoms with Gasteiger partial charge in [0.1, 0.15) is 0 Å². The van der Waals surface area contributed by atoms with E-state index >= 15 is 0 Å². The molecular weight excluding hydrogens is 495 g/mol. The van der Waals surface area contributed by atoms with Crippen LogP contribution in [-0.2, 0) is 0 Å². The van der Waals surface area contributed by atoms with Crippen LogP contribution < -0.4 is 29.4 Å². The molecule has 0 saturated carbocycles. The van der Waals surface area contributed by atoms with Gasteiger partial charge in [-0.2, -0.15) is 0 Å². The van der Waals surface area contributed by atoms with Crippen LogP contribution in [0.3, 0.4) is 0 Å². The van der Waals surface area contributed by atoms with Crippen molar-refractivity contribution in [1.82, 2.24) is 0 Å². The molecule has 0 saturated heterocycles. The zero-order valence-corrected chi connectivity index (χ0v) is 20.1. The van der Waals surface area contributed by atoms with Crippen molar-refractivity contribution < 1.29 is 15.9 Å². The molecule has 0 spiro atoms. The Kier molecular flexibility index (Phi) is 6.61. The van der Waals surface area contributed by atoms with E-state index in [0.717, 1.165) is 18.6 Å². The SMILES string of the molecule is CN(C)c1cccc2cccc([Te+](O)c3cccc4cccc(N(C)C)c34)c12.[Cl-]. The van der Waals surface area contributed by atoms with Gasteiger partial charge in [0, 0.05) is 0 Å². The number of benzene rings is 4. The third-order valence-corrected chi connectivity index (χ3v) is 9.39. The molecule has 0 bridgehead atoms. The van der Waals surface area contributed by atoms with Crippen LogP contribution >= 0.6 is 0 Å². The maximum Gasteiger partial charge on any atom is -1.00 e. The Labute approximate surface area is 186 Å². The van der Waals surface area contributed by atoms with Crippen molar-refractivity contribution in [2.45, 2.75) is 0 Å². The monoisotopic (exact) mass is 522 g/mol. The molecule has 3 nitrogen and oxygen atoms in total. The third kappa shape index (κ3) is 3.91. The molecule has 29 heavy (non-hydrogen) atoms. The van der Waals surface area contributed by atoms with Crippen molar-refractivity contribution in [3.05, 3.63) is 72.8 Å². The van der Waals surface area contributed by atoms with Gasteiger partial charge in [-0.25, -0.2) is 0 Å². The van der Waals surface area contributed by atoms with Crippen molar-refractivity contribution in [1.29, 1.82) is 0 Å². The van der Waals surface area contributed by atoms with Gasteiger partial charge in [0.25, 0.3) is 0 Å². The third-order valence-electron chi connectivity index (χ3n) is 5.07. The predicted octanol–water partition coefficient (Wildman–Crippen LogP) is 0.227. The van der Waals surface area contributed by atoms with Crippen molar-refractivity contribution in [3.8, 4) is 0 Å². The van der Waals surface area contributed by atoms with Gasteiger partial charge in [0.05, 0.1) is 0 Å². The molecule has 0 aromatic heterocycles. The summed E-state index contributed by atoms with van der Waals surface area (Å²) >= 11 is -2.79. The van der Waals surface area contributed by atoms with Crippen LogP contribution in [0.5, 0.6) is 0 Å². The van der Waals surface area contributed by atoms with Gasteiger partial charge in [-0.15, -0.1) is 0 Å². The fourth-order valence-electron chi connectivity index (χ4n) is 3.76. The topological polar surface area (TPSA) is 26.7 Å². The van der Waals surface area contributed by atoms with E-state index in [1.165, 1.54) is 21.5 Å². The maximum atomic E-state index is 11.7. The summed E-state index contributed by atoms with van der Waals surface area (Å²) in [6.07, 6.45) is 0. The van der Waals surface area contributed by atoms with E-state index < -0.39 is 20.0 Å². The molecule has 4 aromatic carbocycles. The van der Waals surface area contributed by atoms with Gasteiger partial charge < -0.3 is 12.4 Å². The molecule has 4 rings (SSSR count). The second-order valence-electron chi connectivity index (χ2n) is 7.34. The average Bonchev–Trinajstić information content (AvgIpc) is 2.71. The standard InChI is InChI=1S/C24H25N2OTe.ClH/c1-25(2)19-13-5-9-17-11-7-15-21(23(17)19)28(27)22-16-8-12-18-10-6-14-20(24(18)22)26(3)4;/h5-16,27H,1-4H3;1H/q+1;/p-1. The van der Waals surface area contributed by atoms with Crippen molar-refractivity contribution in [2.75, 3.05) is 38.0 Å². The molecule has 0 fully saturated rings. The largest absolute Gasteiger partial charge is 1.00 e. The van der Waals surface area contributed by atoms with Gasteiger partial charge in [-0.1, -0.05) is 0 Å². The number of hydrogen-bond acceptors (Lipinski definition) is 3. The summed E-state index contributed by atoms with van der Waals surface area (Å²) in [5, 5.41) is 4.70. The minimum atomic E-state index is -2.79. The average molecular weight is 521 g/mol. The molecule has 0 amide bonds. The fraction of sp³-hybridized carbons (Fsp3) is 0.167. The van der Waals surface area contributed by atoms with Crippen LogP contribution in [0.2, 0.25) is 0 Å². The van der Waals surface area contributed by atoms with Crippen molar-refractivity contribution >= 4 is 60.1 Å². The van der Waals surface area contributed by atoms with E-state index in [1.807, 2.05) is 0 Å². The molecule has 0 aliphatic carbocycles. The number of anilines is 2. The second kappa shape index (κ2) is 8.81. The number of hydrogen-bond donors (Lipinski definition) is 1. The first-order valence-corrected chi connectivity index (χ1v) is 12.7. The van der Waals surface area contributed by atoms with Crippen LogP contribution in [0.25, 0.3) is 21.5 Å². The van der Waals surface area contributed by atoms with Gasteiger partial charge >= 0.3 is 174 Å². The number of nitrogens with zero attached hydrogens (tertiary/aromatic N) is 2. The summed E-state index contributed by atoms with van der Waals surface area (Å²) in [6, 6.07) is 25.3. The second-order valence-corrected chi connectivity index (χ2v) is 11.5. The van der Waals surface area contributed by atoms with Gasteiger partial charge in [-0.05, 0) is 0 Å². The molecule has 0 atom stereocenters. The van der Waals surface area contributed by atoms with Crippen LogP contribution in [0.15, 0.2) is 72.8 Å². The summed E-state index contributed by atoms with van der Waals surface area (Å²) in [5.74, 6) is 0. The Bertz CT molecular complexity index is 1060. The fourth-order valence-corrected chi connectivity index (χ4v) is 7.99. The smallest absolute Gasteiger partial charge is 1.00 e. The van der Waals surface area contributed by atoms with E-state index in [2.05, 4.69) is 111 Å². The van der Waals surface area contributed by atoms with E-state index in [9.17, 15) is 3.47 Å². The molecule has 0 heterocycles. The summed E-state index contributed by atoms with van der Waals surface area (Å²) in [6.45, 7) is 0. The molecule has 0 aliphatic heterocycles. The zero-order chi connectivity index (χ0) is 19.8. The summed E-state index contributed by atoms with van der Waals surface area (Å²) < 4.78 is 13.9. The molecule has 1 N–H and O–H groups in total. The minimum Gasteiger partial charge on any atom is -1.00 e. The van der Waals surface area contributed by atoms with Gasteiger partial charge in [0.15, 0.2) is 0 Å². The van der Waals surface area contributed by atoms with Crippen LogP contribution in [0, 0.1) is 0 Å². The Morgan fingerprint density at radius 1 is 0.586 bits per heavy atom. The normalized spacial score (nSPS) is 11.0. The van der Waals surface area contributed by atoms with Gasteiger partial charge in [-0.3, -0.25) is 0 Å². The molecule has 0 radical (unpaired) electrons. The number of halogens is 1. The number of fused-ring (bicyclic) bond motifs is 2. The predicted molar refractivity (Wildman–Crippen MR) is 124 cm³/mol. The zero-order valence-electron chi connectivity index (χ0n) is 17.1. The minimum absolute atomic E-state index is 0. The summed E-state index contributed by atoms with van der Waals surface area (Å²) in [7, 11) is 8.24. The molecule has 0 aliphatic rings. The van der Waals surface area contributed by atoms with Crippen LogP contribution in [0.1, 0.15) is 0 Å². The van der Waals surface area contributed by atoms with Gasteiger partial charge in [0.2, 0.25) is 0 Å². The van der Waals surface area contributed by atoms with E-state index in [0.29, 0.717) is 0 Å². The summed E-state index contributed by atoms with van der Waals surface area (Å²) in [4.78, 5) is 4.26. The molecule has 5 heteroatoms. The Balaban J connectivity index is 0.00000240. The molecular formula is C24H25ClN2OTe. The summed E-state index contributed by atoms with van der Waals surface area (Å²) in [5.41, 5.74) is 2.31. The van der Waals surface area contributed by atoms with Crippen LogP contribution in [0.4, 0.5) is 11.4 Å². The first-order valence-electron chi connectivity index (χ1n) is 9.30. The quantitative estimate of drug-likeness (QED) is 0.391. The van der Waals surface area contributed by atoms with Crippen LogP contribution in [-0.4, -0.2) is 51.6 Å². The number of rotatable bonds is 4. The van der Waals surface area contributed by atoms with Crippen molar-refractivity contribution in [2.24, 2.45) is 0 Å². The first-order chi connectivity index (χ1) is 13.5. The maximum absolute atomic E-state index is 11.7. The first kappa shape index (κ1) is 21.7. The van der Waals surface area contributed by atoms with E-state index in [1.54, 1.807) is 0 Å². The Morgan fingerprint density at radius 2 is 0.931 bits per heavy atom. The van der Waals surface area contributed by atoms with Crippen molar-refractivity contribution in [3.63, 3.8) is 0 Å². The molecule has 150 valence electrons. The van der Waals surface area contributed by atoms with E-state index in [-0.39, 0.29) is 12.4 Å². The Morgan fingerprint density at radius 3 is 1.28 bits per heavy atom. The van der Waals surface area contributed by atoms with E-state index in [4.69, 9.17) is 0 Å².